The highest BCUT2D eigenvalue weighted by Crippen LogP contribution is 2.42. The second kappa shape index (κ2) is 7.17. The summed E-state index contributed by atoms with van der Waals surface area (Å²) in [6.45, 7) is 4.55. The number of benzene rings is 1. The van der Waals surface area contributed by atoms with Crippen LogP contribution >= 0.6 is 11.3 Å². The molecule has 0 saturated carbocycles. The number of carbonyl (C=O) groups excluding carboxylic acids is 1. The van der Waals surface area contributed by atoms with Crippen molar-refractivity contribution in [1.82, 2.24) is 9.55 Å². The molecule has 1 atom stereocenters. The number of esters is 1. The van der Waals surface area contributed by atoms with Gasteiger partial charge in [0, 0.05) is 17.7 Å². The molecule has 1 aliphatic rings. The third kappa shape index (κ3) is 3.02. The lowest BCUT2D eigenvalue weighted by Gasteiger charge is -2.29. The van der Waals surface area contributed by atoms with Crippen LogP contribution in [0.4, 0.5) is 5.95 Å². The Morgan fingerprint density at radius 1 is 1.26 bits per heavy atom. The molecule has 0 bridgehead atoms. The lowest BCUT2D eigenvalue weighted by atomic mass is 9.99. The summed E-state index contributed by atoms with van der Waals surface area (Å²) in [4.78, 5) is 18.8. The van der Waals surface area contributed by atoms with E-state index in [4.69, 9.17) is 14.5 Å². The number of allylic oxidation sites excluding steroid dienone is 1. The molecule has 0 amide bonds. The summed E-state index contributed by atoms with van der Waals surface area (Å²) in [6, 6.07) is 9.75. The van der Waals surface area contributed by atoms with Gasteiger partial charge in [0.2, 0.25) is 5.95 Å². The first kappa shape index (κ1) is 17.8. The highest BCUT2D eigenvalue weighted by molar-refractivity contribution is 7.10. The summed E-state index contributed by atoms with van der Waals surface area (Å²) >= 11 is 1.64. The topological polar surface area (TPSA) is 65.4 Å². The molecule has 3 aromatic rings. The van der Waals surface area contributed by atoms with Gasteiger partial charge in [-0.05, 0) is 43.0 Å². The molecule has 1 aromatic carbocycles. The number of hydrogen-bond donors (Lipinski definition) is 1. The van der Waals surface area contributed by atoms with E-state index in [2.05, 4.69) is 28.3 Å². The van der Waals surface area contributed by atoms with E-state index in [1.807, 2.05) is 31.2 Å². The first-order valence-corrected chi connectivity index (χ1v) is 9.64. The normalized spacial score (nSPS) is 16.3. The van der Waals surface area contributed by atoms with E-state index in [-0.39, 0.29) is 18.6 Å². The Morgan fingerprint density at radius 3 is 2.81 bits per heavy atom. The fourth-order valence-electron chi connectivity index (χ4n) is 3.44. The number of aryl methyl sites for hydroxylation is 1. The van der Waals surface area contributed by atoms with Crippen molar-refractivity contribution in [3.05, 3.63) is 57.4 Å². The minimum atomic E-state index is -0.335. The van der Waals surface area contributed by atoms with Gasteiger partial charge in [0.05, 0.1) is 23.2 Å². The number of anilines is 1. The molecule has 2 aromatic heterocycles. The zero-order chi connectivity index (χ0) is 19.0. The van der Waals surface area contributed by atoms with Gasteiger partial charge < -0.3 is 14.8 Å². The molecule has 7 heteroatoms. The number of carbonyl (C=O) groups is 1. The summed E-state index contributed by atoms with van der Waals surface area (Å²) in [6.07, 6.45) is 0. The van der Waals surface area contributed by atoms with Crippen LogP contribution < -0.4 is 5.32 Å². The summed E-state index contributed by atoms with van der Waals surface area (Å²) < 4.78 is 12.6. The number of aromatic nitrogens is 2. The van der Waals surface area contributed by atoms with Crippen LogP contribution in [0.3, 0.4) is 0 Å². The van der Waals surface area contributed by atoms with Crippen molar-refractivity contribution in [2.24, 2.45) is 0 Å². The van der Waals surface area contributed by atoms with Crippen molar-refractivity contribution in [2.45, 2.75) is 19.9 Å². The van der Waals surface area contributed by atoms with Gasteiger partial charge >= 0.3 is 5.97 Å². The predicted molar refractivity (Wildman–Crippen MR) is 106 cm³/mol. The number of nitrogens with one attached hydrogen (secondary N) is 1. The number of fused-ring (bicyclic) bond motifs is 3. The lowest BCUT2D eigenvalue weighted by molar-refractivity contribution is -0.140. The van der Waals surface area contributed by atoms with Gasteiger partial charge in [-0.2, -0.15) is 0 Å². The molecule has 0 unspecified atom stereocenters. The van der Waals surface area contributed by atoms with Crippen molar-refractivity contribution in [3.63, 3.8) is 0 Å². The Hall–Kier alpha value is -2.64. The minimum Gasteiger partial charge on any atom is -0.460 e. The van der Waals surface area contributed by atoms with E-state index in [1.165, 1.54) is 0 Å². The van der Waals surface area contributed by atoms with Gasteiger partial charge in [0.25, 0.3) is 0 Å². The van der Waals surface area contributed by atoms with E-state index in [0.717, 1.165) is 33.1 Å². The lowest BCUT2D eigenvalue weighted by Crippen LogP contribution is -2.29. The molecule has 140 valence electrons. The van der Waals surface area contributed by atoms with E-state index in [0.29, 0.717) is 12.2 Å². The largest absolute Gasteiger partial charge is 0.460 e. The molecule has 27 heavy (non-hydrogen) atoms. The first-order chi connectivity index (χ1) is 13.1. The van der Waals surface area contributed by atoms with Crippen LogP contribution in [0.1, 0.15) is 23.4 Å². The molecule has 0 fully saturated rings. The van der Waals surface area contributed by atoms with E-state index in [9.17, 15) is 4.79 Å². The highest BCUT2D eigenvalue weighted by Gasteiger charge is 2.36. The first-order valence-electron chi connectivity index (χ1n) is 8.76. The third-order valence-corrected chi connectivity index (χ3v) is 5.79. The van der Waals surface area contributed by atoms with Crippen molar-refractivity contribution in [1.29, 1.82) is 0 Å². The van der Waals surface area contributed by atoms with Crippen LogP contribution in [0.5, 0.6) is 0 Å². The average Bonchev–Trinajstić information content (AvgIpc) is 3.23. The second-order valence-electron chi connectivity index (χ2n) is 6.46. The Morgan fingerprint density at radius 2 is 2.07 bits per heavy atom. The predicted octanol–water partition coefficient (Wildman–Crippen LogP) is 3.88. The van der Waals surface area contributed by atoms with Crippen molar-refractivity contribution in [2.75, 3.05) is 25.6 Å². The third-order valence-electron chi connectivity index (χ3n) is 4.72. The standard InChI is InChI=1S/C20H21N3O3S/c1-12-8-11-27-18(12)17-16(19(24)26-10-9-25-3)13(2)21-20-22-14-6-4-5-7-15(14)23(17)20/h4-8,11,17H,9-10H2,1-3H3,(H,21,22)/t17-/m0/s1. The van der Waals surface area contributed by atoms with Crippen LogP contribution in [0.15, 0.2) is 47.0 Å². The zero-order valence-corrected chi connectivity index (χ0v) is 16.3. The number of para-hydroxylation sites is 2. The maximum atomic E-state index is 13.0. The number of nitrogens with zero attached hydrogens (tertiary/aromatic N) is 2. The number of ether oxygens (including phenoxy) is 2. The van der Waals surface area contributed by atoms with Crippen molar-refractivity contribution in [3.8, 4) is 0 Å². The SMILES string of the molecule is COCCOC(=O)C1=C(C)Nc2nc3ccccc3n2[C@@H]1c1sccc1C. The molecule has 1 aliphatic heterocycles. The summed E-state index contributed by atoms with van der Waals surface area (Å²) in [5, 5.41) is 5.34. The van der Waals surface area contributed by atoms with Gasteiger partial charge in [-0.25, -0.2) is 9.78 Å². The zero-order valence-electron chi connectivity index (χ0n) is 15.5. The number of methoxy groups -OCH3 is 1. The Bertz CT molecular complexity index is 1030. The quantitative estimate of drug-likeness (QED) is 0.535. The monoisotopic (exact) mass is 383 g/mol. The molecular weight excluding hydrogens is 362 g/mol. The summed E-state index contributed by atoms with van der Waals surface area (Å²) in [7, 11) is 1.59. The maximum Gasteiger partial charge on any atom is 0.338 e. The van der Waals surface area contributed by atoms with Crippen LogP contribution in [0.25, 0.3) is 11.0 Å². The summed E-state index contributed by atoms with van der Waals surface area (Å²) in [5.74, 6) is 0.401. The number of hydrogen-bond acceptors (Lipinski definition) is 6. The summed E-state index contributed by atoms with van der Waals surface area (Å²) in [5.41, 5.74) is 4.38. The van der Waals surface area contributed by atoms with Crippen molar-refractivity contribution < 1.29 is 14.3 Å². The fourth-order valence-corrected chi connectivity index (χ4v) is 4.46. The number of thiophene rings is 1. The minimum absolute atomic E-state index is 0.222. The Labute approximate surface area is 161 Å². The molecule has 6 nitrogen and oxygen atoms in total. The highest BCUT2D eigenvalue weighted by atomic mass is 32.1. The molecule has 1 N–H and O–H groups in total. The smallest absolute Gasteiger partial charge is 0.338 e. The molecular formula is C20H21N3O3S. The molecule has 4 rings (SSSR count). The van der Waals surface area contributed by atoms with Crippen LogP contribution in [-0.4, -0.2) is 35.8 Å². The molecule has 0 aliphatic carbocycles. The number of rotatable bonds is 5. The molecule has 0 spiro atoms. The van der Waals surface area contributed by atoms with Gasteiger partial charge in [0.15, 0.2) is 0 Å². The van der Waals surface area contributed by atoms with E-state index >= 15 is 0 Å². The van der Waals surface area contributed by atoms with Crippen molar-refractivity contribution >= 4 is 34.3 Å². The average molecular weight is 383 g/mol. The van der Waals surface area contributed by atoms with Gasteiger partial charge in [-0.15, -0.1) is 11.3 Å². The molecule has 0 saturated heterocycles. The van der Waals surface area contributed by atoms with Gasteiger partial charge in [0.1, 0.15) is 12.6 Å². The number of imidazole rings is 1. The Balaban J connectivity index is 1.87. The van der Waals surface area contributed by atoms with Gasteiger partial charge in [-0.3, -0.25) is 4.57 Å². The second-order valence-corrected chi connectivity index (χ2v) is 7.40. The Kier molecular flexibility index (Phi) is 4.72. The van der Waals surface area contributed by atoms with Gasteiger partial charge in [-0.1, -0.05) is 12.1 Å². The molecule has 0 radical (unpaired) electrons. The van der Waals surface area contributed by atoms with E-state index in [1.54, 1.807) is 18.4 Å². The maximum absolute atomic E-state index is 13.0. The van der Waals surface area contributed by atoms with Crippen LogP contribution in [0, 0.1) is 6.92 Å². The fraction of sp³-hybridized carbons (Fsp3) is 0.300. The molecule has 3 heterocycles. The van der Waals surface area contributed by atoms with Crippen LogP contribution in [-0.2, 0) is 14.3 Å². The van der Waals surface area contributed by atoms with E-state index < -0.39 is 0 Å². The van der Waals surface area contributed by atoms with Crippen LogP contribution in [0.2, 0.25) is 0 Å².